The first-order valence-electron chi connectivity index (χ1n) is 8.09. The standard InChI is InChI=1S/C16H12BrF2N5O5/c1-22-12-11(13(26)23(2)15(22)27)21-14(17)24(12)6-10(25)20-7-3-4-8-9(5-7)29-16(18,19)28-8/h3-5H,6H2,1-2H3,(H,20,25). The number of nitrogens with one attached hydrogen (secondary N) is 1. The normalized spacial score (nSPS) is 14.4. The summed E-state index contributed by atoms with van der Waals surface area (Å²) >= 11 is 3.18. The zero-order chi connectivity index (χ0) is 21.1. The fourth-order valence-electron chi connectivity index (χ4n) is 2.97. The molecule has 0 saturated heterocycles. The summed E-state index contributed by atoms with van der Waals surface area (Å²) < 4.78 is 38.5. The van der Waals surface area contributed by atoms with Crippen molar-refractivity contribution in [2.75, 3.05) is 5.32 Å². The number of nitrogens with zero attached hydrogens (tertiary/aromatic N) is 4. The highest BCUT2D eigenvalue weighted by Crippen LogP contribution is 2.42. The second-order valence-corrected chi connectivity index (χ2v) is 6.93. The number of hydrogen-bond acceptors (Lipinski definition) is 6. The van der Waals surface area contributed by atoms with Crippen molar-refractivity contribution in [2.24, 2.45) is 14.1 Å². The van der Waals surface area contributed by atoms with Gasteiger partial charge in [0.15, 0.2) is 27.4 Å². The number of alkyl halides is 2. The van der Waals surface area contributed by atoms with Gasteiger partial charge in [0, 0.05) is 25.8 Å². The van der Waals surface area contributed by atoms with Crippen molar-refractivity contribution in [1.29, 1.82) is 0 Å². The molecular formula is C16H12BrF2N5O5. The van der Waals surface area contributed by atoms with Crippen molar-refractivity contribution < 1.29 is 23.0 Å². The van der Waals surface area contributed by atoms with E-state index in [0.717, 1.165) is 4.57 Å². The summed E-state index contributed by atoms with van der Waals surface area (Å²) in [5.74, 6) is -0.918. The monoisotopic (exact) mass is 471 g/mol. The van der Waals surface area contributed by atoms with Gasteiger partial charge in [-0.1, -0.05) is 0 Å². The number of carbonyl (C=O) groups is 1. The lowest BCUT2D eigenvalue weighted by Gasteiger charge is -2.10. The Kier molecular flexibility index (Phi) is 4.22. The highest BCUT2D eigenvalue weighted by Gasteiger charge is 2.43. The van der Waals surface area contributed by atoms with E-state index in [0.29, 0.717) is 0 Å². The fourth-order valence-corrected chi connectivity index (χ4v) is 3.44. The van der Waals surface area contributed by atoms with Crippen molar-refractivity contribution in [3.05, 3.63) is 43.8 Å². The van der Waals surface area contributed by atoms with Crippen LogP contribution in [0.2, 0.25) is 0 Å². The van der Waals surface area contributed by atoms with Crippen LogP contribution in [0.4, 0.5) is 14.5 Å². The molecule has 1 N–H and O–H groups in total. The van der Waals surface area contributed by atoms with Gasteiger partial charge < -0.3 is 14.8 Å². The van der Waals surface area contributed by atoms with E-state index in [1.807, 2.05) is 0 Å². The van der Waals surface area contributed by atoms with Gasteiger partial charge in [0.1, 0.15) is 6.54 Å². The maximum atomic E-state index is 13.1. The SMILES string of the molecule is Cn1c(=O)c2nc(Br)n(CC(=O)Nc3ccc4c(c3)OC(F)(F)O4)c2n(C)c1=O. The van der Waals surface area contributed by atoms with Crippen LogP contribution in [0.5, 0.6) is 11.5 Å². The van der Waals surface area contributed by atoms with Gasteiger partial charge in [-0.3, -0.25) is 23.3 Å². The lowest BCUT2D eigenvalue weighted by Crippen LogP contribution is -2.37. The van der Waals surface area contributed by atoms with Gasteiger partial charge in [0.2, 0.25) is 5.91 Å². The first kappa shape index (κ1) is 19.1. The van der Waals surface area contributed by atoms with Crippen molar-refractivity contribution in [2.45, 2.75) is 12.8 Å². The number of rotatable bonds is 3. The molecule has 3 heterocycles. The Labute approximate surface area is 168 Å². The molecule has 1 amide bonds. The Morgan fingerprint density at radius 1 is 1.21 bits per heavy atom. The smallest absolute Gasteiger partial charge is 0.395 e. The minimum atomic E-state index is -3.76. The Morgan fingerprint density at radius 3 is 2.62 bits per heavy atom. The molecule has 29 heavy (non-hydrogen) atoms. The molecule has 13 heteroatoms. The van der Waals surface area contributed by atoms with E-state index in [2.05, 4.69) is 35.7 Å². The molecule has 0 unspecified atom stereocenters. The number of ether oxygens (including phenoxy) is 2. The van der Waals surface area contributed by atoms with Gasteiger partial charge in [-0.15, -0.1) is 8.78 Å². The molecule has 0 atom stereocenters. The van der Waals surface area contributed by atoms with Crippen LogP contribution in [0.1, 0.15) is 0 Å². The maximum Gasteiger partial charge on any atom is 0.586 e. The number of fused-ring (bicyclic) bond motifs is 2. The number of amides is 1. The molecule has 4 rings (SSSR count). The topological polar surface area (TPSA) is 109 Å². The largest absolute Gasteiger partial charge is 0.586 e. The van der Waals surface area contributed by atoms with Crippen LogP contribution >= 0.6 is 15.9 Å². The molecular weight excluding hydrogens is 460 g/mol. The van der Waals surface area contributed by atoms with Gasteiger partial charge in [-0.2, -0.15) is 0 Å². The summed E-state index contributed by atoms with van der Waals surface area (Å²) in [7, 11) is 2.78. The van der Waals surface area contributed by atoms with Crippen LogP contribution in [0.25, 0.3) is 11.2 Å². The van der Waals surface area contributed by atoms with Crippen LogP contribution in [0, 0.1) is 0 Å². The van der Waals surface area contributed by atoms with Gasteiger partial charge in [0.25, 0.3) is 5.56 Å². The summed E-state index contributed by atoms with van der Waals surface area (Å²) in [4.78, 5) is 41.0. The van der Waals surface area contributed by atoms with Crippen LogP contribution in [0.15, 0.2) is 32.5 Å². The number of halogens is 3. The van der Waals surface area contributed by atoms with Gasteiger partial charge >= 0.3 is 12.0 Å². The maximum absolute atomic E-state index is 13.1. The number of benzene rings is 1. The van der Waals surface area contributed by atoms with Crippen molar-refractivity contribution >= 4 is 38.7 Å². The summed E-state index contributed by atoms with van der Waals surface area (Å²) in [6.45, 7) is -0.303. The predicted molar refractivity (Wildman–Crippen MR) is 99.2 cm³/mol. The molecule has 1 aliphatic rings. The summed E-state index contributed by atoms with van der Waals surface area (Å²) in [6.07, 6.45) is -3.76. The van der Waals surface area contributed by atoms with Gasteiger partial charge in [-0.25, -0.2) is 9.78 Å². The molecule has 0 saturated carbocycles. The molecule has 2 aromatic heterocycles. The van der Waals surface area contributed by atoms with E-state index in [1.54, 1.807) is 0 Å². The van der Waals surface area contributed by atoms with Crippen molar-refractivity contribution in [3.8, 4) is 11.5 Å². The molecule has 10 nitrogen and oxygen atoms in total. The molecule has 0 radical (unpaired) electrons. The molecule has 1 aliphatic heterocycles. The number of aromatic nitrogens is 4. The Balaban J connectivity index is 1.63. The molecule has 0 aliphatic carbocycles. The number of anilines is 1. The minimum absolute atomic E-state index is 0.0135. The predicted octanol–water partition coefficient (Wildman–Crippen LogP) is 1.16. The minimum Gasteiger partial charge on any atom is -0.395 e. The number of imidazole rings is 1. The number of aryl methyl sites for hydroxylation is 1. The first-order chi connectivity index (χ1) is 13.6. The third-order valence-electron chi connectivity index (χ3n) is 4.28. The van der Waals surface area contributed by atoms with Crippen LogP contribution in [-0.4, -0.2) is 30.9 Å². The summed E-state index contributed by atoms with van der Waals surface area (Å²) in [6, 6.07) is 3.80. The van der Waals surface area contributed by atoms with E-state index in [1.165, 1.54) is 41.4 Å². The zero-order valence-electron chi connectivity index (χ0n) is 14.9. The molecule has 0 bridgehead atoms. The van der Waals surface area contributed by atoms with E-state index in [4.69, 9.17) is 0 Å². The van der Waals surface area contributed by atoms with Crippen LogP contribution in [-0.2, 0) is 25.4 Å². The number of carbonyl (C=O) groups excluding carboxylic acids is 1. The van der Waals surface area contributed by atoms with Crippen molar-refractivity contribution in [3.63, 3.8) is 0 Å². The van der Waals surface area contributed by atoms with Crippen molar-refractivity contribution in [1.82, 2.24) is 18.7 Å². The first-order valence-corrected chi connectivity index (χ1v) is 8.88. The summed E-state index contributed by atoms with van der Waals surface area (Å²) in [5.41, 5.74) is -0.807. The average Bonchev–Trinajstić information content (AvgIpc) is 3.13. The van der Waals surface area contributed by atoms with Crippen LogP contribution in [0.3, 0.4) is 0 Å². The lowest BCUT2D eigenvalue weighted by molar-refractivity contribution is -0.286. The molecule has 1 aromatic carbocycles. The van der Waals surface area contributed by atoms with Crippen LogP contribution < -0.4 is 26.0 Å². The van der Waals surface area contributed by atoms with E-state index in [-0.39, 0.29) is 39.6 Å². The zero-order valence-corrected chi connectivity index (χ0v) is 16.5. The average molecular weight is 472 g/mol. The lowest BCUT2D eigenvalue weighted by atomic mass is 10.3. The number of hydrogen-bond donors (Lipinski definition) is 1. The van der Waals surface area contributed by atoms with Gasteiger partial charge in [0.05, 0.1) is 0 Å². The summed E-state index contributed by atoms with van der Waals surface area (Å²) in [5, 5.41) is 2.53. The quantitative estimate of drug-likeness (QED) is 0.574. The molecule has 0 spiro atoms. The Bertz CT molecular complexity index is 1300. The third kappa shape index (κ3) is 3.16. The second kappa shape index (κ2) is 6.40. The molecule has 152 valence electrons. The van der Waals surface area contributed by atoms with Gasteiger partial charge in [-0.05, 0) is 28.1 Å². The fraction of sp³-hybridized carbons (Fsp3) is 0.250. The third-order valence-corrected chi connectivity index (χ3v) is 4.89. The van der Waals surface area contributed by atoms with E-state index >= 15 is 0 Å². The van der Waals surface area contributed by atoms with E-state index < -0.39 is 23.5 Å². The Morgan fingerprint density at radius 2 is 1.90 bits per heavy atom. The highest BCUT2D eigenvalue weighted by atomic mass is 79.9. The van der Waals surface area contributed by atoms with E-state index in [9.17, 15) is 23.2 Å². The molecule has 3 aromatic rings. The molecule has 0 fully saturated rings. The second-order valence-electron chi connectivity index (χ2n) is 6.22. The highest BCUT2D eigenvalue weighted by molar-refractivity contribution is 9.10. The Hall–Kier alpha value is -3.22.